The van der Waals surface area contributed by atoms with Crippen molar-refractivity contribution in [3.8, 4) is 23.3 Å². The van der Waals surface area contributed by atoms with Crippen molar-refractivity contribution >= 4 is 23.6 Å². The predicted molar refractivity (Wildman–Crippen MR) is 109 cm³/mol. The Labute approximate surface area is 178 Å². The average molecular weight is 431 g/mol. The van der Waals surface area contributed by atoms with E-state index in [1.165, 1.54) is 45.1 Å². The number of methoxy groups -OCH3 is 4. The Kier molecular flexibility index (Phi) is 5.85. The van der Waals surface area contributed by atoms with Crippen molar-refractivity contribution in [1.82, 2.24) is 4.90 Å². The molecule has 1 fully saturated rings. The quantitative estimate of drug-likeness (QED) is 0.695. The van der Waals surface area contributed by atoms with Crippen LogP contribution in [0.2, 0.25) is 0 Å². The fourth-order valence-electron chi connectivity index (χ4n) is 3.54. The minimum atomic E-state index is -0.881. The van der Waals surface area contributed by atoms with E-state index in [0.29, 0.717) is 27.8 Å². The average Bonchev–Trinajstić information content (AvgIpc) is 3.06. The minimum Gasteiger partial charge on any atom is -0.493 e. The molecule has 0 unspecified atom stereocenters. The summed E-state index contributed by atoms with van der Waals surface area (Å²) in [5, 5.41) is 9.79. The lowest BCUT2D eigenvalue weighted by Crippen LogP contribution is -2.37. The van der Waals surface area contributed by atoms with Gasteiger partial charge in [0.1, 0.15) is 5.82 Å². The smallest absolute Gasteiger partial charge is 0.337 e. The van der Waals surface area contributed by atoms with Crippen LogP contribution in [0.25, 0.3) is 0 Å². The summed E-state index contributed by atoms with van der Waals surface area (Å²) in [5.41, 5.74) is 6.94. The fraction of sp³-hybridized carbons (Fsp3) is 0.350. The van der Waals surface area contributed by atoms with Gasteiger partial charge in [-0.3, -0.25) is 9.69 Å². The van der Waals surface area contributed by atoms with Crippen LogP contribution in [-0.2, 0) is 14.3 Å². The summed E-state index contributed by atoms with van der Waals surface area (Å²) in [6, 6.07) is 5.34. The van der Waals surface area contributed by atoms with E-state index in [-0.39, 0.29) is 22.9 Å². The lowest BCUT2D eigenvalue weighted by molar-refractivity contribution is -0.136. The molecule has 30 heavy (non-hydrogen) atoms. The first-order valence-corrected chi connectivity index (χ1v) is 9.75. The molecule has 0 saturated carbocycles. The first-order valence-electron chi connectivity index (χ1n) is 8.87. The van der Waals surface area contributed by atoms with E-state index in [1.54, 1.807) is 19.1 Å². The van der Waals surface area contributed by atoms with Gasteiger partial charge in [-0.25, -0.2) is 4.79 Å². The molecule has 2 heterocycles. The van der Waals surface area contributed by atoms with Crippen LogP contribution < -0.4 is 19.9 Å². The number of hydrogen-bond acceptors (Lipinski definition) is 9. The number of nitriles is 1. The third kappa shape index (κ3) is 3.11. The molecule has 0 aromatic heterocycles. The predicted octanol–water partition coefficient (Wildman–Crippen LogP) is 1.85. The Morgan fingerprint density at radius 3 is 2.23 bits per heavy atom. The van der Waals surface area contributed by atoms with Crippen molar-refractivity contribution in [3.05, 3.63) is 39.7 Å². The number of allylic oxidation sites excluding steroid dienone is 1. The maximum absolute atomic E-state index is 12.8. The summed E-state index contributed by atoms with van der Waals surface area (Å²) in [5.74, 6) is -0.795. The zero-order chi connectivity index (χ0) is 22.2. The first kappa shape index (κ1) is 21.4. The van der Waals surface area contributed by atoms with E-state index in [0.717, 1.165) is 0 Å². The van der Waals surface area contributed by atoms with E-state index in [2.05, 4.69) is 6.07 Å². The van der Waals surface area contributed by atoms with Gasteiger partial charge >= 0.3 is 5.97 Å². The van der Waals surface area contributed by atoms with Gasteiger partial charge < -0.3 is 24.7 Å². The number of ether oxygens (including phenoxy) is 4. The van der Waals surface area contributed by atoms with Crippen molar-refractivity contribution in [2.75, 3.05) is 28.4 Å². The molecule has 2 N–H and O–H groups in total. The van der Waals surface area contributed by atoms with Crippen LogP contribution in [-0.4, -0.2) is 50.5 Å². The molecule has 1 saturated heterocycles. The van der Waals surface area contributed by atoms with E-state index in [1.807, 2.05) is 0 Å². The summed E-state index contributed by atoms with van der Waals surface area (Å²) in [4.78, 5) is 26.7. The SMILES string of the molecule is COC(=O)C1=C2S[C@H](C)C(=O)N2C(N)=C(C#N)[C@H]1c1cc(OC)c(OC)c(OC)c1. The Morgan fingerprint density at radius 1 is 1.17 bits per heavy atom. The number of nitrogens with two attached hydrogens (primary N) is 1. The van der Waals surface area contributed by atoms with Crippen molar-refractivity contribution in [2.45, 2.75) is 18.1 Å². The second-order valence-corrected chi connectivity index (χ2v) is 7.78. The second-order valence-electron chi connectivity index (χ2n) is 6.45. The van der Waals surface area contributed by atoms with Crippen molar-refractivity contribution in [3.63, 3.8) is 0 Å². The molecule has 10 heteroatoms. The van der Waals surface area contributed by atoms with Gasteiger partial charge in [-0.15, -0.1) is 0 Å². The van der Waals surface area contributed by atoms with Crippen LogP contribution in [0.3, 0.4) is 0 Å². The van der Waals surface area contributed by atoms with Crippen LogP contribution in [0.15, 0.2) is 34.1 Å². The largest absolute Gasteiger partial charge is 0.493 e. The van der Waals surface area contributed by atoms with Crippen LogP contribution in [0.5, 0.6) is 17.2 Å². The highest BCUT2D eigenvalue weighted by Crippen LogP contribution is 2.51. The van der Waals surface area contributed by atoms with Crippen LogP contribution in [0, 0.1) is 11.3 Å². The summed E-state index contributed by atoms with van der Waals surface area (Å²) < 4.78 is 21.2. The monoisotopic (exact) mass is 431 g/mol. The molecule has 0 spiro atoms. The van der Waals surface area contributed by atoms with E-state index >= 15 is 0 Å². The number of amides is 1. The van der Waals surface area contributed by atoms with Crippen molar-refractivity contribution in [1.29, 1.82) is 5.26 Å². The third-order valence-corrected chi connectivity index (χ3v) is 6.11. The maximum Gasteiger partial charge on any atom is 0.337 e. The van der Waals surface area contributed by atoms with Gasteiger partial charge in [-0.05, 0) is 24.6 Å². The van der Waals surface area contributed by atoms with Crippen LogP contribution in [0.4, 0.5) is 0 Å². The number of nitrogens with zero attached hydrogens (tertiary/aromatic N) is 2. The number of thioether (sulfide) groups is 1. The Hall–Kier alpha value is -3.32. The number of carbonyl (C=O) groups excluding carboxylic acids is 2. The molecule has 1 amide bonds. The molecule has 1 aromatic carbocycles. The van der Waals surface area contributed by atoms with Gasteiger partial charge in [0.2, 0.25) is 11.7 Å². The van der Waals surface area contributed by atoms with E-state index < -0.39 is 17.1 Å². The number of hydrogen-bond donors (Lipinski definition) is 1. The van der Waals surface area contributed by atoms with Gasteiger partial charge in [-0.1, -0.05) is 11.8 Å². The molecule has 3 rings (SSSR count). The van der Waals surface area contributed by atoms with Gasteiger partial charge in [0.15, 0.2) is 11.5 Å². The lowest BCUT2D eigenvalue weighted by Gasteiger charge is -2.31. The van der Waals surface area contributed by atoms with Gasteiger partial charge in [0.05, 0.1) is 61.9 Å². The van der Waals surface area contributed by atoms with E-state index in [9.17, 15) is 14.9 Å². The third-order valence-electron chi connectivity index (χ3n) is 4.93. The molecule has 0 bridgehead atoms. The lowest BCUT2D eigenvalue weighted by atomic mass is 9.82. The molecule has 1 aromatic rings. The Balaban J connectivity index is 2.34. The molecular formula is C20H21N3O6S. The highest BCUT2D eigenvalue weighted by atomic mass is 32.2. The zero-order valence-electron chi connectivity index (χ0n) is 17.1. The highest BCUT2D eigenvalue weighted by Gasteiger charge is 2.47. The van der Waals surface area contributed by atoms with Crippen LogP contribution >= 0.6 is 11.8 Å². The number of benzene rings is 1. The standard InChI is InChI=1S/C20H21N3O6S/c1-9-18(24)23-17(22)11(8-21)14(15(19(23)30-9)20(25)29-5)10-6-12(26-2)16(28-4)13(7-10)27-3/h6-7,9,14H,22H2,1-5H3/t9-,14-/m1/s1. The van der Waals surface area contributed by atoms with Gasteiger partial charge in [0, 0.05) is 0 Å². The minimum absolute atomic E-state index is 0.0132. The Bertz CT molecular complexity index is 1000. The number of fused-ring (bicyclic) bond motifs is 1. The second kappa shape index (κ2) is 8.20. The number of esters is 1. The summed E-state index contributed by atoms with van der Waals surface area (Å²) in [6.07, 6.45) is 0. The summed E-state index contributed by atoms with van der Waals surface area (Å²) in [6.45, 7) is 1.71. The van der Waals surface area contributed by atoms with E-state index in [4.69, 9.17) is 24.7 Å². The highest BCUT2D eigenvalue weighted by molar-refractivity contribution is 8.04. The number of carbonyl (C=O) groups is 2. The van der Waals surface area contributed by atoms with Crippen molar-refractivity contribution < 1.29 is 28.5 Å². The van der Waals surface area contributed by atoms with Crippen molar-refractivity contribution in [2.24, 2.45) is 5.73 Å². The molecule has 0 aliphatic carbocycles. The summed E-state index contributed by atoms with van der Waals surface area (Å²) >= 11 is 1.20. The Morgan fingerprint density at radius 2 is 1.77 bits per heavy atom. The molecule has 2 atom stereocenters. The normalized spacial score (nSPS) is 20.7. The topological polar surface area (TPSA) is 124 Å². The molecular weight excluding hydrogens is 410 g/mol. The molecule has 9 nitrogen and oxygen atoms in total. The fourth-order valence-corrected chi connectivity index (χ4v) is 4.70. The summed E-state index contributed by atoms with van der Waals surface area (Å²) in [7, 11) is 5.64. The molecule has 0 radical (unpaired) electrons. The molecule has 2 aliphatic heterocycles. The van der Waals surface area contributed by atoms with Gasteiger partial charge in [-0.2, -0.15) is 5.26 Å². The molecule has 2 aliphatic rings. The van der Waals surface area contributed by atoms with Gasteiger partial charge in [0.25, 0.3) is 0 Å². The number of rotatable bonds is 5. The van der Waals surface area contributed by atoms with Crippen LogP contribution in [0.1, 0.15) is 18.4 Å². The molecule has 158 valence electrons. The maximum atomic E-state index is 12.8. The zero-order valence-corrected chi connectivity index (χ0v) is 18.0. The first-order chi connectivity index (χ1) is 14.3.